The minimum absolute atomic E-state index is 0.00948. The van der Waals surface area contributed by atoms with Crippen LogP contribution in [0.25, 0.3) is 6.08 Å². The van der Waals surface area contributed by atoms with Crippen molar-refractivity contribution in [2.45, 2.75) is 0 Å². The molecule has 6 heteroatoms. The molecule has 2 aromatic rings. The van der Waals surface area contributed by atoms with Crippen LogP contribution >= 0.6 is 0 Å². The number of allylic oxidation sites excluding steroid dienone is 1. The van der Waals surface area contributed by atoms with E-state index in [1.165, 1.54) is 38.5 Å². The average molecular weight is 338 g/mol. The molecular formula is C19H14O6. The molecular weight excluding hydrogens is 324 g/mol. The Morgan fingerprint density at radius 1 is 0.920 bits per heavy atom. The lowest BCUT2D eigenvalue weighted by molar-refractivity contribution is 0.0696. The lowest BCUT2D eigenvalue weighted by Gasteiger charge is -2.07. The number of hydrogen-bond donors (Lipinski definition) is 1. The van der Waals surface area contributed by atoms with Gasteiger partial charge in [0.2, 0.25) is 0 Å². The summed E-state index contributed by atoms with van der Waals surface area (Å²) in [5.41, 5.74) is 0.871. The van der Waals surface area contributed by atoms with Gasteiger partial charge in [-0.25, -0.2) is 4.79 Å². The third-order valence-electron chi connectivity index (χ3n) is 3.96. The Balaban J connectivity index is 2.04. The van der Waals surface area contributed by atoms with E-state index in [0.29, 0.717) is 17.1 Å². The molecule has 0 spiro atoms. The van der Waals surface area contributed by atoms with Gasteiger partial charge in [0, 0.05) is 11.1 Å². The number of benzene rings is 2. The summed E-state index contributed by atoms with van der Waals surface area (Å²) in [7, 11) is 3.00. The quantitative estimate of drug-likeness (QED) is 0.681. The lowest BCUT2D eigenvalue weighted by atomic mass is 10.1. The first-order chi connectivity index (χ1) is 12.0. The van der Waals surface area contributed by atoms with Crippen LogP contribution in [0.3, 0.4) is 0 Å². The molecule has 0 saturated heterocycles. The van der Waals surface area contributed by atoms with Gasteiger partial charge in [-0.2, -0.15) is 0 Å². The van der Waals surface area contributed by atoms with Gasteiger partial charge in [0.15, 0.2) is 23.1 Å². The SMILES string of the molecule is COc1ccc(/C=C2/C(=O)c3ccc(C(=O)O)cc3C2=O)cc1OC. The number of carbonyl (C=O) groups is 3. The van der Waals surface area contributed by atoms with Crippen LogP contribution in [0, 0.1) is 0 Å². The Morgan fingerprint density at radius 2 is 1.60 bits per heavy atom. The van der Waals surface area contributed by atoms with Crippen molar-refractivity contribution in [2.24, 2.45) is 0 Å². The zero-order chi connectivity index (χ0) is 18.1. The summed E-state index contributed by atoms with van der Waals surface area (Å²) in [5, 5.41) is 9.04. The third kappa shape index (κ3) is 2.78. The standard InChI is InChI=1S/C19H14O6/c1-24-15-6-3-10(8-16(15)25-2)7-14-17(20)12-5-4-11(19(22)23)9-13(12)18(14)21/h3-9H,1-2H3,(H,22,23)/b14-7-. The molecule has 126 valence electrons. The molecule has 0 unspecified atom stereocenters. The molecule has 0 aliphatic heterocycles. The fourth-order valence-electron chi connectivity index (χ4n) is 2.70. The Labute approximate surface area is 143 Å². The number of carbonyl (C=O) groups excluding carboxylic acids is 2. The highest BCUT2D eigenvalue weighted by Gasteiger charge is 2.33. The average Bonchev–Trinajstić information content (AvgIpc) is 2.86. The van der Waals surface area contributed by atoms with E-state index in [0.717, 1.165) is 0 Å². The Kier molecular flexibility index (Phi) is 4.10. The van der Waals surface area contributed by atoms with Crippen molar-refractivity contribution < 1.29 is 29.0 Å². The van der Waals surface area contributed by atoms with Crippen molar-refractivity contribution in [2.75, 3.05) is 14.2 Å². The minimum Gasteiger partial charge on any atom is -0.493 e. The molecule has 3 rings (SSSR count). The Hall–Kier alpha value is -3.41. The number of fused-ring (bicyclic) bond motifs is 1. The molecule has 1 aliphatic carbocycles. The molecule has 0 radical (unpaired) electrons. The van der Waals surface area contributed by atoms with Gasteiger partial charge in [-0.3, -0.25) is 9.59 Å². The first-order valence-corrected chi connectivity index (χ1v) is 7.36. The number of methoxy groups -OCH3 is 2. The van der Waals surface area contributed by atoms with Crippen LogP contribution in [0.5, 0.6) is 11.5 Å². The number of aromatic carboxylic acids is 1. The molecule has 1 N–H and O–H groups in total. The van der Waals surface area contributed by atoms with Crippen molar-refractivity contribution in [1.82, 2.24) is 0 Å². The Bertz CT molecular complexity index is 939. The smallest absolute Gasteiger partial charge is 0.335 e. The van der Waals surface area contributed by atoms with Gasteiger partial charge in [-0.15, -0.1) is 0 Å². The maximum atomic E-state index is 12.5. The van der Waals surface area contributed by atoms with Gasteiger partial charge in [-0.1, -0.05) is 6.07 Å². The molecule has 0 heterocycles. The summed E-state index contributed by atoms with van der Waals surface area (Å²) >= 11 is 0. The van der Waals surface area contributed by atoms with E-state index in [4.69, 9.17) is 14.6 Å². The zero-order valence-electron chi connectivity index (χ0n) is 13.5. The van der Waals surface area contributed by atoms with Gasteiger partial charge in [0.05, 0.1) is 25.4 Å². The van der Waals surface area contributed by atoms with Crippen molar-refractivity contribution in [1.29, 1.82) is 0 Å². The van der Waals surface area contributed by atoms with Gasteiger partial charge in [0.25, 0.3) is 0 Å². The van der Waals surface area contributed by atoms with Crippen molar-refractivity contribution in [3.63, 3.8) is 0 Å². The molecule has 2 aromatic carbocycles. The number of ketones is 2. The van der Waals surface area contributed by atoms with E-state index < -0.39 is 17.5 Å². The summed E-state index contributed by atoms with van der Waals surface area (Å²) in [6.45, 7) is 0. The van der Waals surface area contributed by atoms with Crippen molar-refractivity contribution >= 4 is 23.6 Å². The number of rotatable bonds is 4. The highest BCUT2D eigenvalue weighted by atomic mass is 16.5. The first kappa shape index (κ1) is 16.4. The Morgan fingerprint density at radius 3 is 2.24 bits per heavy atom. The highest BCUT2D eigenvalue weighted by Crippen LogP contribution is 2.32. The summed E-state index contributed by atoms with van der Waals surface area (Å²) in [6.07, 6.45) is 1.47. The lowest BCUT2D eigenvalue weighted by Crippen LogP contribution is -2.01. The first-order valence-electron chi connectivity index (χ1n) is 7.36. The summed E-state index contributed by atoms with van der Waals surface area (Å²) in [5.74, 6) is -1.06. The number of hydrogen-bond acceptors (Lipinski definition) is 5. The fourth-order valence-corrected chi connectivity index (χ4v) is 2.70. The van der Waals surface area contributed by atoms with Crippen LogP contribution in [0.15, 0.2) is 42.0 Å². The summed E-state index contributed by atoms with van der Waals surface area (Å²) < 4.78 is 10.4. The third-order valence-corrected chi connectivity index (χ3v) is 3.96. The summed E-state index contributed by atoms with van der Waals surface area (Å²) in [6, 6.07) is 8.93. The van der Waals surface area contributed by atoms with E-state index >= 15 is 0 Å². The van der Waals surface area contributed by atoms with E-state index in [1.54, 1.807) is 18.2 Å². The second kappa shape index (κ2) is 6.24. The van der Waals surface area contributed by atoms with Crippen molar-refractivity contribution in [3.8, 4) is 11.5 Å². The predicted octanol–water partition coefficient (Wildman–Crippen LogP) is 2.86. The summed E-state index contributed by atoms with van der Waals surface area (Å²) in [4.78, 5) is 36.1. The van der Waals surface area contributed by atoms with Crippen LogP contribution in [0.4, 0.5) is 0 Å². The molecule has 6 nitrogen and oxygen atoms in total. The van der Waals surface area contributed by atoms with E-state index in [2.05, 4.69) is 0 Å². The number of Topliss-reactive ketones (excluding diaryl/α,β-unsaturated/α-hetero) is 2. The van der Waals surface area contributed by atoms with E-state index in [9.17, 15) is 14.4 Å². The maximum Gasteiger partial charge on any atom is 0.335 e. The maximum absolute atomic E-state index is 12.5. The van der Waals surface area contributed by atoms with Gasteiger partial charge >= 0.3 is 5.97 Å². The second-order valence-corrected chi connectivity index (χ2v) is 5.40. The molecule has 0 saturated carbocycles. The molecule has 0 bridgehead atoms. The van der Waals surface area contributed by atoms with Gasteiger partial charge in [-0.05, 0) is 42.0 Å². The van der Waals surface area contributed by atoms with Crippen molar-refractivity contribution in [3.05, 3.63) is 64.2 Å². The fraction of sp³-hybridized carbons (Fsp3) is 0.105. The van der Waals surface area contributed by atoms with Crippen LogP contribution in [-0.4, -0.2) is 36.9 Å². The van der Waals surface area contributed by atoms with Crippen LogP contribution in [0.1, 0.15) is 36.6 Å². The molecule has 0 fully saturated rings. The highest BCUT2D eigenvalue weighted by molar-refractivity contribution is 6.41. The van der Waals surface area contributed by atoms with E-state index in [1.807, 2.05) is 0 Å². The van der Waals surface area contributed by atoms with Crippen LogP contribution < -0.4 is 9.47 Å². The molecule has 25 heavy (non-hydrogen) atoms. The van der Waals surface area contributed by atoms with E-state index in [-0.39, 0.29) is 22.3 Å². The van der Waals surface area contributed by atoms with Gasteiger partial charge in [0.1, 0.15) is 0 Å². The van der Waals surface area contributed by atoms with Crippen LogP contribution in [0.2, 0.25) is 0 Å². The normalized spacial score (nSPS) is 14.6. The van der Waals surface area contributed by atoms with Gasteiger partial charge < -0.3 is 14.6 Å². The number of carboxylic acid groups (broad SMARTS) is 1. The topological polar surface area (TPSA) is 89.9 Å². The van der Waals surface area contributed by atoms with Crippen LogP contribution in [-0.2, 0) is 0 Å². The zero-order valence-corrected chi connectivity index (χ0v) is 13.5. The molecule has 0 atom stereocenters. The largest absolute Gasteiger partial charge is 0.493 e. The number of ether oxygens (including phenoxy) is 2. The predicted molar refractivity (Wildman–Crippen MR) is 89.6 cm³/mol. The molecule has 0 aromatic heterocycles. The molecule has 0 amide bonds. The number of carboxylic acids is 1. The minimum atomic E-state index is -1.15. The monoisotopic (exact) mass is 338 g/mol. The second-order valence-electron chi connectivity index (χ2n) is 5.40. The molecule has 1 aliphatic rings.